The summed E-state index contributed by atoms with van der Waals surface area (Å²) in [6.45, 7) is 4.26. The van der Waals surface area contributed by atoms with Crippen molar-refractivity contribution in [3.8, 4) is 23.0 Å². The summed E-state index contributed by atoms with van der Waals surface area (Å²) in [6.07, 6.45) is -0.550. The SMILES string of the molecule is COc1ccc([C@@H]2c3cc(OC)c(OC)cc3[C@@H](O)[C@@H](C)[C@H]2C)cc1OC. The van der Waals surface area contributed by atoms with Gasteiger partial charge in [-0.2, -0.15) is 0 Å². The van der Waals surface area contributed by atoms with Crippen molar-refractivity contribution in [1.82, 2.24) is 0 Å². The lowest BCUT2D eigenvalue weighted by atomic mass is 9.66. The predicted octanol–water partition coefficient (Wildman–Crippen LogP) is 4.17. The van der Waals surface area contributed by atoms with Gasteiger partial charge in [-0.25, -0.2) is 0 Å². The molecule has 0 aliphatic heterocycles. The minimum Gasteiger partial charge on any atom is -0.493 e. The number of aliphatic hydroxyl groups is 1. The predicted molar refractivity (Wildman–Crippen MR) is 104 cm³/mol. The fourth-order valence-electron chi connectivity index (χ4n) is 4.12. The monoisotopic (exact) mass is 372 g/mol. The van der Waals surface area contributed by atoms with Crippen LogP contribution in [0.25, 0.3) is 0 Å². The van der Waals surface area contributed by atoms with Crippen LogP contribution in [0.15, 0.2) is 30.3 Å². The third kappa shape index (κ3) is 3.21. The van der Waals surface area contributed by atoms with Crippen molar-refractivity contribution in [2.75, 3.05) is 28.4 Å². The number of hydrogen-bond acceptors (Lipinski definition) is 5. The Balaban J connectivity index is 2.20. The van der Waals surface area contributed by atoms with Crippen molar-refractivity contribution in [3.63, 3.8) is 0 Å². The van der Waals surface area contributed by atoms with Gasteiger partial charge in [0.1, 0.15) is 0 Å². The van der Waals surface area contributed by atoms with Gasteiger partial charge in [0.15, 0.2) is 23.0 Å². The third-order valence-corrected chi connectivity index (χ3v) is 5.86. The Hall–Kier alpha value is -2.40. The summed E-state index contributed by atoms with van der Waals surface area (Å²) in [6, 6.07) is 9.89. The topological polar surface area (TPSA) is 57.2 Å². The van der Waals surface area contributed by atoms with Crippen molar-refractivity contribution >= 4 is 0 Å². The first-order chi connectivity index (χ1) is 13.0. The van der Waals surface area contributed by atoms with Gasteiger partial charge >= 0.3 is 0 Å². The summed E-state index contributed by atoms with van der Waals surface area (Å²) in [5.74, 6) is 3.10. The van der Waals surface area contributed by atoms with Crippen LogP contribution >= 0.6 is 0 Å². The smallest absolute Gasteiger partial charge is 0.161 e. The Morgan fingerprint density at radius 2 is 1.19 bits per heavy atom. The fraction of sp³-hybridized carbons (Fsp3) is 0.455. The molecule has 0 fully saturated rings. The van der Waals surface area contributed by atoms with Crippen molar-refractivity contribution in [1.29, 1.82) is 0 Å². The summed E-state index contributed by atoms with van der Waals surface area (Å²) in [7, 11) is 6.50. The fourth-order valence-corrected chi connectivity index (χ4v) is 4.12. The molecule has 5 nitrogen and oxygen atoms in total. The van der Waals surface area contributed by atoms with E-state index in [-0.39, 0.29) is 17.8 Å². The lowest BCUT2D eigenvalue weighted by Crippen LogP contribution is -2.30. The number of hydrogen-bond donors (Lipinski definition) is 1. The van der Waals surface area contributed by atoms with E-state index in [1.165, 1.54) is 0 Å². The number of aliphatic hydroxyl groups excluding tert-OH is 1. The third-order valence-electron chi connectivity index (χ3n) is 5.86. The Bertz CT molecular complexity index is 817. The molecule has 5 heteroatoms. The quantitative estimate of drug-likeness (QED) is 0.854. The summed E-state index contributed by atoms with van der Waals surface area (Å²) in [4.78, 5) is 0. The molecule has 0 unspecified atom stereocenters. The average molecular weight is 372 g/mol. The Kier molecular flexibility index (Phi) is 5.51. The van der Waals surface area contributed by atoms with Gasteiger partial charge in [-0.3, -0.25) is 0 Å². The zero-order valence-electron chi connectivity index (χ0n) is 16.8. The number of methoxy groups -OCH3 is 4. The summed E-state index contributed by atoms with van der Waals surface area (Å²) in [5, 5.41) is 10.9. The molecule has 0 saturated carbocycles. The molecule has 0 radical (unpaired) electrons. The Morgan fingerprint density at radius 3 is 1.74 bits per heavy atom. The van der Waals surface area contributed by atoms with Gasteiger partial charge in [0.05, 0.1) is 34.5 Å². The van der Waals surface area contributed by atoms with E-state index in [9.17, 15) is 5.11 Å². The molecule has 4 atom stereocenters. The number of benzene rings is 2. The molecule has 0 aromatic heterocycles. The van der Waals surface area contributed by atoms with E-state index in [4.69, 9.17) is 18.9 Å². The standard InChI is InChI=1S/C22H28O5/c1-12-13(2)22(23)16-11-20(27-6)19(26-5)10-15(16)21(12)14-7-8-17(24-3)18(9-14)25-4/h7-13,21-23H,1-6H3/t12-,13+,21-,22+/m1/s1. The molecular weight excluding hydrogens is 344 g/mol. The molecule has 3 rings (SSSR count). The first-order valence-electron chi connectivity index (χ1n) is 9.12. The molecule has 0 amide bonds. The second-order valence-corrected chi connectivity index (χ2v) is 7.09. The summed E-state index contributed by atoms with van der Waals surface area (Å²) >= 11 is 0. The van der Waals surface area contributed by atoms with Crippen LogP contribution in [0.2, 0.25) is 0 Å². The van der Waals surface area contributed by atoms with E-state index in [1.54, 1.807) is 28.4 Å². The zero-order chi connectivity index (χ0) is 19.7. The van der Waals surface area contributed by atoms with Crippen molar-refractivity contribution in [2.24, 2.45) is 11.8 Å². The minimum absolute atomic E-state index is 0.0914. The second-order valence-electron chi connectivity index (χ2n) is 7.09. The molecule has 0 bridgehead atoms. The molecule has 27 heavy (non-hydrogen) atoms. The van der Waals surface area contributed by atoms with Crippen LogP contribution in [0.5, 0.6) is 23.0 Å². The van der Waals surface area contributed by atoms with Crippen molar-refractivity contribution in [2.45, 2.75) is 25.9 Å². The van der Waals surface area contributed by atoms with E-state index < -0.39 is 6.10 Å². The van der Waals surface area contributed by atoms with Crippen LogP contribution < -0.4 is 18.9 Å². The van der Waals surface area contributed by atoms with Gasteiger partial charge in [0, 0.05) is 5.92 Å². The lowest BCUT2D eigenvalue weighted by Gasteiger charge is -2.40. The summed E-state index contributed by atoms with van der Waals surface area (Å²) < 4.78 is 21.8. The van der Waals surface area contributed by atoms with Crippen LogP contribution in [0.4, 0.5) is 0 Å². The normalized spacial score (nSPS) is 24.1. The molecule has 2 aromatic carbocycles. The first-order valence-corrected chi connectivity index (χ1v) is 9.12. The number of rotatable bonds is 5. The van der Waals surface area contributed by atoms with Crippen molar-refractivity contribution < 1.29 is 24.1 Å². The number of fused-ring (bicyclic) bond motifs is 1. The van der Waals surface area contributed by atoms with Crippen LogP contribution in [0, 0.1) is 11.8 Å². The van der Waals surface area contributed by atoms with Gasteiger partial charge in [-0.15, -0.1) is 0 Å². The zero-order valence-corrected chi connectivity index (χ0v) is 16.8. The molecule has 0 heterocycles. The van der Waals surface area contributed by atoms with E-state index >= 15 is 0 Å². The average Bonchev–Trinajstić information content (AvgIpc) is 2.71. The van der Waals surface area contributed by atoms with Crippen LogP contribution in [-0.2, 0) is 0 Å². The maximum Gasteiger partial charge on any atom is 0.161 e. The highest BCUT2D eigenvalue weighted by atomic mass is 16.5. The molecule has 0 spiro atoms. The molecule has 1 aliphatic rings. The van der Waals surface area contributed by atoms with Crippen LogP contribution in [-0.4, -0.2) is 33.5 Å². The van der Waals surface area contributed by atoms with Crippen LogP contribution in [0.1, 0.15) is 42.6 Å². The van der Waals surface area contributed by atoms with Crippen molar-refractivity contribution in [3.05, 3.63) is 47.0 Å². The number of ether oxygens (including phenoxy) is 4. The Morgan fingerprint density at radius 1 is 0.667 bits per heavy atom. The van der Waals surface area contributed by atoms with Crippen LogP contribution in [0.3, 0.4) is 0 Å². The largest absolute Gasteiger partial charge is 0.493 e. The van der Waals surface area contributed by atoms with E-state index in [0.29, 0.717) is 23.0 Å². The van der Waals surface area contributed by atoms with Gasteiger partial charge < -0.3 is 24.1 Å². The highest BCUT2D eigenvalue weighted by Gasteiger charge is 2.39. The molecule has 146 valence electrons. The molecule has 2 aromatic rings. The minimum atomic E-state index is -0.550. The Labute approximate surface area is 160 Å². The van der Waals surface area contributed by atoms with Gasteiger partial charge in [0.25, 0.3) is 0 Å². The highest BCUT2D eigenvalue weighted by molar-refractivity contribution is 5.54. The summed E-state index contributed by atoms with van der Waals surface area (Å²) in [5.41, 5.74) is 3.06. The second kappa shape index (κ2) is 7.69. The van der Waals surface area contributed by atoms with Gasteiger partial charge in [-0.05, 0) is 52.8 Å². The molecular formula is C22H28O5. The maximum atomic E-state index is 10.9. The molecule has 0 saturated heterocycles. The molecule has 1 aliphatic carbocycles. The lowest BCUT2D eigenvalue weighted by molar-refractivity contribution is 0.0684. The van der Waals surface area contributed by atoms with E-state index in [0.717, 1.165) is 16.7 Å². The highest BCUT2D eigenvalue weighted by Crippen LogP contribution is 2.51. The molecule has 1 N–H and O–H groups in total. The van der Waals surface area contributed by atoms with E-state index in [1.807, 2.05) is 24.3 Å². The first kappa shape index (κ1) is 19.4. The van der Waals surface area contributed by atoms with Gasteiger partial charge in [0.2, 0.25) is 0 Å². The van der Waals surface area contributed by atoms with E-state index in [2.05, 4.69) is 19.9 Å². The maximum absolute atomic E-state index is 10.9. The van der Waals surface area contributed by atoms with Gasteiger partial charge in [-0.1, -0.05) is 19.9 Å².